The van der Waals surface area contributed by atoms with E-state index in [9.17, 15) is 4.79 Å². The van der Waals surface area contributed by atoms with Gasteiger partial charge in [-0.25, -0.2) is 4.98 Å². The van der Waals surface area contributed by atoms with E-state index in [2.05, 4.69) is 27.0 Å². The maximum Gasteiger partial charge on any atom is 0.251 e. The Kier molecular flexibility index (Phi) is 6.49. The zero-order valence-corrected chi connectivity index (χ0v) is 17.9. The molecule has 0 aliphatic carbocycles. The predicted molar refractivity (Wildman–Crippen MR) is 126 cm³/mol. The van der Waals surface area contributed by atoms with Crippen LogP contribution in [0.1, 0.15) is 46.3 Å². The number of anilines is 1. The molecule has 3 N–H and O–H groups in total. The molecule has 2 heterocycles. The number of pyridine rings is 1. The van der Waals surface area contributed by atoms with Crippen LogP contribution in [0.25, 0.3) is 10.8 Å². The van der Waals surface area contributed by atoms with E-state index in [1.807, 2.05) is 49.4 Å². The fourth-order valence-electron chi connectivity index (χ4n) is 3.96. The lowest BCUT2D eigenvalue weighted by Crippen LogP contribution is -2.37. The highest BCUT2D eigenvalue weighted by Gasteiger charge is 2.11. The third-order valence-corrected chi connectivity index (χ3v) is 5.82. The molecule has 158 valence electrons. The molecule has 2 aromatic carbocycles. The SMILES string of the molecule is Cc1ccc(C(=O)NCCN2CCCCC2)cc1C#Cc1cnc(N)c2ccccc12. The van der Waals surface area contributed by atoms with E-state index in [-0.39, 0.29) is 5.91 Å². The molecule has 0 atom stereocenters. The van der Waals surface area contributed by atoms with Gasteiger partial charge in [0, 0.05) is 41.2 Å². The lowest BCUT2D eigenvalue weighted by Gasteiger charge is -2.26. The van der Waals surface area contributed by atoms with Gasteiger partial charge in [0.1, 0.15) is 5.82 Å². The third-order valence-electron chi connectivity index (χ3n) is 5.82. The largest absolute Gasteiger partial charge is 0.383 e. The highest BCUT2D eigenvalue weighted by Crippen LogP contribution is 2.22. The van der Waals surface area contributed by atoms with Gasteiger partial charge in [-0.3, -0.25) is 4.79 Å². The van der Waals surface area contributed by atoms with Crippen molar-refractivity contribution >= 4 is 22.5 Å². The van der Waals surface area contributed by atoms with Gasteiger partial charge in [-0.05, 0) is 50.6 Å². The number of amides is 1. The molecule has 1 saturated heterocycles. The standard InChI is InChI=1S/C26H28N4O/c1-19-9-10-21(26(31)28-13-16-30-14-5-2-6-15-30)17-20(19)11-12-22-18-29-25(27)24-8-4-3-7-23(22)24/h3-4,7-10,17-18H,2,5-6,13-16H2,1H3,(H2,27,29)(H,28,31). The van der Waals surface area contributed by atoms with Gasteiger partial charge in [-0.1, -0.05) is 48.6 Å². The Morgan fingerprint density at radius 2 is 1.81 bits per heavy atom. The molecule has 31 heavy (non-hydrogen) atoms. The normalized spacial score (nSPS) is 14.1. The molecule has 5 nitrogen and oxygen atoms in total. The number of hydrogen-bond acceptors (Lipinski definition) is 4. The van der Waals surface area contributed by atoms with Gasteiger partial charge in [-0.15, -0.1) is 0 Å². The van der Waals surface area contributed by atoms with Gasteiger partial charge in [0.2, 0.25) is 0 Å². The molecule has 1 fully saturated rings. The second kappa shape index (κ2) is 9.63. The summed E-state index contributed by atoms with van der Waals surface area (Å²) < 4.78 is 0. The first-order valence-corrected chi connectivity index (χ1v) is 10.9. The molecule has 1 aliphatic heterocycles. The number of likely N-dealkylation sites (tertiary alicyclic amines) is 1. The summed E-state index contributed by atoms with van der Waals surface area (Å²) in [6.07, 6.45) is 5.54. The fraction of sp³-hybridized carbons (Fsp3) is 0.308. The molecule has 4 rings (SSSR count). The van der Waals surface area contributed by atoms with E-state index in [0.717, 1.165) is 47.1 Å². The quantitative estimate of drug-likeness (QED) is 0.641. The van der Waals surface area contributed by atoms with Gasteiger partial charge in [0.15, 0.2) is 0 Å². The summed E-state index contributed by atoms with van der Waals surface area (Å²) >= 11 is 0. The molecular formula is C26H28N4O. The van der Waals surface area contributed by atoms with E-state index in [0.29, 0.717) is 17.9 Å². The van der Waals surface area contributed by atoms with E-state index >= 15 is 0 Å². The van der Waals surface area contributed by atoms with E-state index in [1.54, 1.807) is 6.20 Å². The highest BCUT2D eigenvalue weighted by molar-refractivity contribution is 5.95. The van der Waals surface area contributed by atoms with Gasteiger partial charge in [-0.2, -0.15) is 0 Å². The summed E-state index contributed by atoms with van der Waals surface area (Å²) in [7, 11) is 0. The van der Waals surface area contributed by atoms with Gasteiger partial charge < -0.3 is 16.0 Å². The van der Waals surface area contributed by atoms with Crippen LogP contribution in [0.3, 0.4) is 0 Å². The Morgan fingerprint density at radius 1 is 1.06 bits per heavy atom. The lowest BCUT2D eigenvalue weighted by molar-refractivity contribution is 0.0946. The molecule has 1 amide bonds. The molecule has 0 radical (unpaired) electrons. The van der Waals surface area contributed by atoms with E-state index in [1.165, 1.54) is 19.3 Å². The number of nitrogens with two attached hydrogens (primary N) is 1. The molecule has 3 aromatic rings. The Labute approximate surface area is 183 Å². The Morgan fingerprint density at radius 3 is 2.61 bits per heavy atom. The van der Waals surface area contributed by atoms with Gasteiger partial charge >= 0.3 is 0 Å². The number of benzene rings is 2. The number of nitrogens with one attached hydrogen (secondary N) is 1. The van der Waals surface area contributed by atoms with Crippen LogP contribution in [-0.2, 0) is 0 Å². The van der Waals surface area contributed by atoms with Crippen LogP contribution in [0, 0.1) is 18.8 Å². The number of nitrogen functional groups attached to an aromatic ring is 1. The zero-order valence-electron chi connectivity index (χ0n) is 17.9. The van der Waals surface area contributed by atoms with Crippen LogP contribution in [-0.4, -0.2) is 42.0 Å². The maximum absolute atomic E-state index is 12.6. The average Bonchev–Trinajstić information content (AvgIpc) is 2.80. The van der Waals surface area contributed by atoms with Crippen molar-refractivity contribution in [1.82, 2.24) is 15.2 Å². The van der Waals surface area contributed by atoms with Gasteiger partial charge in [0.25, 0.3) is 5.91 Å². The molecule has 0 bridgehead atoms. The van der Waals surface area contributed by atoms with Crippen molar-refractivity contribution in [1.29, 1.82) is 0 Å². The molecule has 0 spiro atoms. The zero-order chi connectivity index (χ0) is 21.6. The van der Waals surface area contributed by atoms with Crippen molar-refractivity contribution in [2.45, 2.75) is 26.2 Å². The highest BCUT2D eigenvalue weighted by atomic mass is 16.1. The van der Waals surface area contributed by atoms with Crippen molar-refractivity contribution in [2.75, 3.05) is 31.9 Å². The van der Waals surface area contributed by atoms with Crippen LogP contribution in [0.4, 0.5) is 5.82 Å². The van der Waals surface area contributed by atoms with Crippen molar-refractivity contribution in [3.63, 3.8) is 0 Å². The van der Waals surface area contributed by atoms with E-state index < -0.39 is 0 Å². The van der Waals surface area contributed by atoms with Crippen molar-refractivity contribution in [3.05, 3.63) is 70.9 Å². The summed E-state index contributed by atoms with van der Waals surface area (Å²) in [4.78, 5) is 19.3. The monoisotopic (exact) mass is 412 g/mol. The molecule has 1 aliphatic rings. The smallest absolute Gasteiger partial charge is 0.251 e. The minimum atomic E-state index is -0.0559. The topological polar surface area (TPSA) is 71.2 Å². The van der Waals surface area contributed by atoms with Crippen LogP contribution >= 0.6 is 0 Å². The summed E-state index contributed by atoms with van der Waals surface area (Å²) in [6.45, 7) is 5.84. The van der Waals surface area contributed by atoms with Crippen molar-refractivity contribution in [3.8, 4) is 11.8 Å². The summed E-state index contributed by atoms with van der Waals surface area (Å²) in [6, 6.07) is 13.5. The number of aromatic nitrogens is 1. The number of aryl methyl sites for hydroxylation is 1. The maximum atomic E-state index is 12.6. The lowest BCUT2D eigenvalue weighted by atomic mass is 10.0. The number of hydrogen-bond donors (Lipinski definition) is 2. The van der Waals surface area contributed by atoms with E-state index in [4.69, 9.17) is 5.73 Å². The molecule has 1 aromatic heterocycles. The van der Waals surface area contributed by atoms with Crippen LogP contribution in [0.5, 0.6) is 0 Å². The third kappa shape index (κ3) is 5.04. The number of rotatable bonds is 4. The van der Waals surface area contributed by atoms with Crippen molar-refractivity contribution < 1.29 is 4.79 Å². The second-order valence-electron chi connectivity index (χ2n) is 8.04. The first-order chi connectivity index (χ1) is 15.1. The summed E-state index contributed by atoms with van der Waals surface area (Å²) in [5.74, 6) is 6.89. The summed E-state index contributed by atoms with van der Waals surface area (Å²) in [5, 5.41) is 4.92. The number of carbonyl (C=O) groups is 1. The predicted octanol–water partition coefficient (Wildman–Crippen LogP) is 3.74. The van der Waals surface area contributed by atoms with Crippen LogP contribution < -0.4 is 11.1 Å². The number of carbonyl (C=O) groups excluding carboxylic acids is 1. The second-order valence-corrected chi connectivity index (χ2v) is 8.04. The average molecular weight is 413 g/mol. The first-order valence-electron chi connectivity index (χ1n) is 10.9. The number of fused-ring (bicyclic) bond motifs is 1. The van der Waals surface area contributed by atoms with Gasteiger partial charge in [0.05, 0.1) is 5.56 Å². The molecular weight excluding hydrogens is 384 g/mol. The Balaban J connectivity index is 1.49. The van der Waals surface area contributed by atoms with Crippen LogP contribution in [0.2, 0.25) is 0 Å². The first kappa shape index (κ1) is 20.9. The minimum Gasteiger partial charge on any atom is -0.383 e. The minimum absolute atomic E-state index is 0.0559. The number of nitrogens with zero attached hydrogens (tertiary/aromatic N) is 2. The molecule has 0 unspecified atom stereocenters. The van der Waals surface area contributed by atoms with Crippen LogP contribution in [0.15, 0.2) is 48.7 Å². The summed E-state index contributed by atoms with van der Waals surface area (Å²) in [5.41, 5.74) is 9.31. The van der Waals surface area contributed by atoms with Crippen molar-refractivity contribution in [2.24, 2.45) is 0 Å². The Hall–Kier alpha value is -3.36. The Bertz CT molecular complexity index is 1150. The number of piperidine rings is 1. The molecule has 5 heteroatoms. The fourth-order valence-corrected chi connectivity index (χ4v) is 3.96. The molecule has 0 saturated carbocycles.